The maximum atomic E-state index is 13.9. The highest BCUT2D eigenvalue weighted by Gasteiger charge is 2.59. The van der Waals surface area contributed by atoms with Gasteiger partial charge in [0, 0.05) is 28.7 Å². The zero-order valence-electron chi connectivity index (χ0n) is 21.2. The van der Waals surface area contributed by atoms with Crippen LogP contribution in [-0.2, 0) is 16.8 Å². The van der Waals surface area contributed by atoms with Crippen molar-refractivity contribution in [1.29, 1.82) is 0 Å². The number of carbonyl (C=O) groups excluding carboxylic acids is 3. The van der Waals surface area contributed by atoms with E-state index in [0.29, 0.717) is 35.7 Å². The van der Waals surface area contributed by atoms with Crippen LogP contribution in [0, 0.1) is 0 Å². The number of benzene rings is 3. The van der Waals surface area contributed by atoms with Crippen LogP contribution in [0.5, 0.6) is 11.5 Å². The molecule has 1 atom stereocenters. The Labute approximate surface area is 218 Å². The van der Waals surface area contributed by atoms with Gasteiger partial charge in [-0.25, -0.2) is 9.69 Å². The van der Waals surface area contributed by atoms with Crippen LogP contribution in [0.4, 0.5) is 16.2 Å². The molecule has 2 aliphatic heterocycles. The van der Waals surface area contributed by atoms with Crippen molar-refractivity contribution in [2.45, 2.75) is 18.9 Å². The van der Waals surface area contributed by atoms with Gasteiger partial charge in [-0.15, -0.1) is 0 Å². The summed E-state index contributed by atoms with van der Waals surface area (Å²) < 4.78 is 10.5. The highest BCUT2D eigenvalue weighted by molar-refractivity contribution is 6.23. The first-order chi connectivity index (χ1) is 18.3. The number of nitrogens with one attached hydrogen (secondary N) is 2. The molecule has 9 nitrogen and oxygen atoms in total. The SMILES string of the molecule is COc1ccc(NC(=O)c2ccc(N3C(=O)N4CCc5c([nH]c6ccc(OC)cc56)[C@@]4(C)C3=O)cc2)cc1. The number of fused-ring (bicyclic) bond motifs is 5. The number of amides is 4. The summed E-state index contributed by atoms with van der Waals surface area (Å²) >= 11 is 0. The topological polar surface area (TPSA) is 104 Å². The van der Waals surface area contributed by atoms with Crippen LogP contribution in [0.15, 0.2) is 66.7 Å². The van der Waals surface area contributed by atoms with Gasteiger partial charge in [-0.3, -0.25) is 9.59 Å². The molecule has 0 radical (unpaired) electrons. The van der Waals surface area contributed by atoms with E-state index in [2.05, 4.69) is 10.3 Å². The molecule has 3 aromatic carbocycles. The molecule has 38 heavy (non-hydrogen) atoms. The molecule has 0 bridgehead atoms. The lowest BCUT2D eigenvalue weighted by atomic mass is 9.87. The van der Waals surface area contributed by atoms with Gasteiger partial charge in [0.2, 0.25) is 0 Å². The Morgan fingerprint density at radius 1 is 0.947 bits per heavy atom. The van der Waals surface area contributed by atoms with Crippen LogP contribution in [0.1, 0.15) is 28.5 Å². The number of urea groups is 1. The summed E-state index contributed by atoms with van der Waals surface area (Å²) in [6.45, 7) is 2.20. The van der Waals surface area contributed by atoms with Gasteiger partial charge in [0.25, 0.3) is 11.8 Å². The predicted octanol–water partition coefficient (Wildman–Crippen LogP) is 4.68. The van der Waals surface area contributed by atoms with Crippen LogP contribution >= 0.6 is 0 Å². The third-order valence-corrected chi connectivity index (χ3v) is 7.50. The molecule has 0 saturated carbocycles. The second-order valence-corrected chi connectivity index (χ2v) is 9.52. The van der Waals surface area contributed by atoms with Crippen LogP contribution in [0.25, 0.3) is 10.9 Å². The quantitative estimate of drug-likeness (QED) is 0.380. The number of H-pyrrole nitrogens is 1. The van der Waals surface area contributed by atoms with Gasteiger partial charge in [-0.2, -0.15) is 0 Å². The maximum Gasteiger partial charge on any atom is 0.332 e. The number of methoxy groups -OCH3 is 2. The van der Waals surface area contributed by atoms with Crippen molar-refractivity contribution >= 4 is 40.1 Å². The number of hydrogen-bond acceptors (Lipinski definition) is 5. The Bertz CT molecular complexity index is 1590. The number of ether oxygens (including phenoxy) is 2. The van der Waals surface area contributed by atoms with E-state index in [9.17, 15) is 14.4 Å². The van der Waals surface area contributed by atoms with Crippen LogP contribution in [0.3, 0.4) is 0 Å². The normalized spacial score (nSPS) is 18.4. The molecule has 0 spiro atoms. The summed E-state index contributed by atoms with van der Waals surface area (Å²) in [5.41, 5.74) is 2.91. The zero-order chi connectivity index (χ0) is 26.6. The Hall–Kier alpha value is -4.79. The first-order valence-corrected chi connectivity index (χ1v) is 12.3. The summed E-state index contributed by atoms with van der Waals surface area (Å²) in [6, 6.07) is 18.8. The van der Waals surface area contributed by atoms with E-state index < -0.39 is 5.54 Å². The van der Waals surface area contributed by atoms with E-state index in [1.165, 1.54) is 4.90 Å². The van der Waals surface area contributed by atoms with E-state index in [1.54, 1.807) is 74.6 Å². The fourth-order valence-corrected chi connectivity index (χ4v) is 5.41. The van der Waals surface area contributed by atoms with Crippen molar-refractivity contribution in [1.82, 2.24) is 9.88 Å². The number of anilines is 2. The molecule has 4 amide bonds. The molecule has 4 aromatic rings. The lowest BCUT2D eigenvalue weighted by molar-refractivity contribution is -0.125. The minimum Gasteiger partial charge on any atom is -0.497 e. The number of aromatic amines is 1. The summed E-state index contributed by atoms with van der Waals surface area (Å²) in [4.78, 5) is 46.3. The minimum absolute atomic E-state index is 0.302. The van der Waals surface area contributed by atoms with Crippen molar-refractivity contribution in [3.8, 4) is 11.5 Å². The number of hydrogen-bond donors (Lipinski definition) is 2. The fraction of sp³-hybridized carbons (Fsp3) is 0.207. The summed E-state index contributed by atoms with van der Waals surface area (Å²) in [7, 11) is 3.20. The molecule has 2 aliphatic rings. The van der Waals surface area contributed by atoms with Gasteiger partial charge >= 0.3 is 6.03 Å². The molecule has 0 unspecified atom stereocenters. The molecule has 192 valence electrons. The summed E-state index contributed by atoms with van der Waals surface area (Å²) in [5.74, 6) is 0.788. The van der Waals surface area contributed by atoms with Crippen molar-refractivity contribution < 1.29 is 23.9 Å². The van der Waals surface area contributed by atoms with Crippen molar-refractivity contribution in [2.24, 2.45) is 0 Å². The highest BCUT2D eigenvalue weighted by Crippen LogP contribution is 2.45. The largest absolute Gasteiger partial charge is 0.497 e. The third kappa shape index (κ3) is 3.42. The average Bonchev–Trinajstić information content (AvgIpc) is 3.41. The number of aromatic nitrogens is 1. The molecule has 1 aromatic heterocycles. The molecule has 3 heterocycles. The Morgan fingerprint density at radius 3 is 2.32 bits per heavy atom. The molecule has 2 N–H and O–H groups in total. The minimum atomic E-state index is -1.17. The van der Waals surface area contributed by atoms with Gasteiger partial charge in [0.1, 0.15) is 11.5 Å². The Balaban J connectivity index is 1.28. The van der Waals surface area contributed by atoms with E-state index >= 15 is 0 Å². The van der Waals surface area contributed by atoms with Crippen molar-refractivity contribution in [3.05, 3.63) is 83.6 Å². The van der Waals surface area contributed by atoms with E-state index in [-0.39, 0.29) is 17.8 Å². The van der Waals surface area contributed by atoms with Crippen LogP contribution in [0.2, 0.25) is 0 Å². The maximum absolute atomic E-state index is 13.9. The van der Waals surface area contributed by atoms with Crippen LogP contribution < -0.4 is 19.7 Å². The lowest BCUT2D eigenvalue weighted by Gasteiger charge is -2.35. The average molecular weight is 511 g/mol. The number of imide groups is 1. The van der Waals surface area contributed by atoms with Gasteiger partial charge < -0.3 is 24.7 Å². The molecule has 9 heteroatoms. The lowest BCUT2D eigenvalue weighted by Crippen LogP contribution is -2.49. The van der Waals surface area contributed by atoms with Crippen molar-refractivity contribution in [2.75, 3.05) is 31.0 Å². The number of carbonyl (C=O) groups is 3. The summed E-state index contributed by atoms with van der Waals surface area (Å²) in [5, 5.41) is 3.82. The molecule has 1 fully saturated rings. The van der Waals surface area contributed by atoms with Gasteiger partial charge in [0.15, 0.2) is 5.54 Å². The van der Waals surface area contributed by atoms with E-state index in [0.717, 1.165) is 27.9 Å². The fourth-order valence-electron chi connectivity index (χ4n) is 5.41. The molecule has 6 rings (SSSR count). The number of nitrogens with zero attached hydrogens (tertiary/aromatic N) is 2. The second kappa shape index (κ2) is 8.65. The molecule has 0 aliphatic carbocycles. The van der Waals surface area contributed by atoms with Gasteiger partial charge in [-0.05, 0) is 85.6 Å². The monoisotopic (exact) mass is 510 g/mol. The first kappa shape index (κ1) is 23.6. The van der Waals surface area contributed by atoms with Crippen molar-refractivity contribution in [3.63, 3.8) is 0 Å². The molecule has 1 saturated heterocycles. The Kier molecular flexibility index (Phi) is 5.37. The summed E-state index contributed by atoms with van der Waals surface area (Å²) in [6.07, 6.45) is 0.620. The molecular weight excluding hydrogens is 484 g/mol. The van der Waals surface area contributed by atoms with E-state index in [4.69, 9.17) is 9.47 Å². The van der Waals surface area contributed by atoms with Crippen LogP contribution in [-0.4, -0.2) is 48.5 Å². The standard InChI is InChI=1S/C29H26N4O5/c1-29-25-22(23-16-21(38-3)12-13-24(23)31-25)14-15-32(29)28(36)33(27(29)35)19-8-4-17(5-9-19)26(34)30-18-6-10-20(37-2)11-7-18/h4-13,16,31H,14-15H2,1-3H3,(H,30,34)/t29-/m0/s1. The molecular formula is C29H26N4O5. The highest BCUT2D eigenvalue weighted by atomic mass is 16.5. The smallest absolute Gasteiger partial charge is 0.332 e. The Morgan fingerprint density at radius 2 is 1.63 bits per heavy atom. The zero-order valence-corrected chi connectivity index (χ0v) is 21.2. The first-order valence-electron chi connectivity index (χ1n) is 12.3. The number of rotatable bonds is 5. The van der Waals surface area contributed by atoms with E-state index in [1.807, 2.05) is 18.2 Å². The second-order valence-electron chi connectivity index (χ2n) is 9.52. The van der Waals surface area contributed by atoms with Gasteiger partial charge in [0.05, 0.1) is 25.6 Å². The third-order valence-electron chi connectivity index (χ3n) is 7.50. The van der Waals surface area contributed by atoms with Gasteiger partial charge in [-0.1, -0.05) is 0 Å². The predicted molar refractivity (Wildman–Crippen MR) is 143 cm³/mol.